The fourth-order valence-electron chi connectivity index (χ4n) is 4.44. The summed E-state index contributed by atoms with van der Waals surface area (Å²) in [6, 6.07) is 21.9. The molecule has 0 bridgehead atoms. The van der Waals surface area contributed by atoms with Crippen molar-refractivity contribution in [3.05, 3.63) is 60.7 Å². The molecule has 0 unspecified atom stereocenters. The van der Waals surface area contributed by atoms with Crippen LogP contribution in [0, 0.1) is 0 Å². The van der Waals surface area contributed by atoms with Crippen LogP contribution in [0.25, 0.3) is 0 Å². The highest BCUT2D eigenvalue weighted by atomic mass is 28.4. The van der Waals surface area contributed by atoms with Gasteiger partial charge in [-0.3, -0.25) is 0 Å². The second-order valence-electron chi connectivity index (χ2n) is 12.2. The monoisotopic (exact) mass is 498 g/mol. The summed E-state index contributed by atoms with van der Waals surface area (Å²) in [6.45, 7) is 20.4. The average Bonchev–Trinajstić information content (AvgIpc) is 2.77. The maximum Gasteiger partial charge on any atom is 0.261 e. The Bertz CT molecular complexity index is 781. The van der Waals surface area contributed by atoms with E-state index in [9.17, 15) is 0 Å². The molecule has 0 aliphatic carbocycles. The van der Waals surface area contributed by atoms with E-state index in [1.54, 1.807) is 0 Å². The molecule has 2 rings (SSSR count). The smallest absolute Gasteiger partial charge is 0.261 e. The summed E-state index contributed by atoms with van der Waals surface area (Å²) in [7, 11) is -3.97. The van der Waals surface area contributed by atoms with Gasteiger partial charge >= 0.3 is 0 Å². The maximum atomic E-state index is 7.00. The molecule has 4 heteroatoms. The normalized spacial score (nSPS) is 13.3. The lowest BCUT2D eigenvalue weighted by Gasteiger charge is -2.43. The Kier molecular flexibility index (Phi) is 10.8. The fraction of sp³-hybridized carbons (Fsp3) is 0.600. The van der Waals surface area contributed by atoms with Crippen LogP contribution in [0.1, 0.15) is 80.1 Å². The highest BCUT2D eigenvalue weighted by Crippen LogP contribution is 2.37. The van der Waals surface area contributed by atoms with Gasteiger partial charge in [0.1, 0.15) is 0 Å². The molecule has 2 aromatic rings. The first kappa shape index (κ1) is 29.0. The van der Waals surface area contributed by atoms with Crippen molar-refractivity contribution in [3.63, 3.8) is 0 Å². The Morgan fingerprint density at radius 1 is 0.529 bits per heavy atom. The molecule has 0 saturated carbocycles. The van der Waals surface area contributed by atoms with Gasteiger partial charge in [0.15, 0.2) is 8.32 Å². The molecule has 0 aliphatic heterocycles. The van der Waals surface area contributed by atoms with Crippen LogP contribution in [0.2, 0.25) is 23.2 Å². The van der Waals surface area contributed by atoms with Gasteiger partial charge in [-0.25, -0.2) is 0 Å². The Morgan fingerprint density at radius 3 is 1.29 bits per heavy atom. The number of benzene rings is 2. The summed E-state index contributed by atoms with van der Waals surface area (Å²) in [6.07, 6.45) is 7.39. The minimum absolute atomic E-state index is 0.0554. The van der Waals surface area contributed by atoms with Gasteiger partial charge in [-0.1, -0.05) is 128 Å². The average molecular weight is 499 g/mol. The highest BCUT2D eigenvalue weighted by Gasteiger charge is 2.49. The Labute approximate surface area is 212 Å². The Morgan fingerprint density at radius 2 is 0.912 bits per heavy atom. The zero-order valence-corrected chi connectivity index (χ0v) is 25.2. The van der Waals surface area contributed by atoms with Gasteiger partial charge in [-0.2, -0.15) is 0 Å². The molecule has 0 fully saturated rings. The first-order chi connectivity index (χ1) is 15.9. The van der Waals surface area contributed by atoms with Gasteiger partial charge in [0.25, 0.3) is 8.32 Å². The quantitative estimate of drug-likeness (QED) is 0.206. The van der Waals surface area contributed by atoms with Crippen molar-refractivity contribution < 1.29 is 8.85 Å². The molecule has 0 spiro atoms. The lowest BCUT2D eigenvalue weighted by atomic mass is 10.1. The summed E-state index contributed by atoms with van der Waals surface area (Å²) < 4.78 is 13.3. The van der Waals surface area contributed by atoms with Crippen LogP contribution in [0.15, 0.2) is 60.7 Å². The number of rotatable bonds is 13. The third kappa shape index (κ3) is 7.65. The van der Waals surface area contributed by atoms with Gasteiger partial charge in [0.2, 0.25) is 0 Å². The summed E-state index contributed by atoms with van der Waals surface area (Å²) >= 11 is 0. The molecule has 0 aromatic heterocycles. The number of hydrogen-bond acceptors (Lipinski definition) is 2. The highest BCUT2D eigenvalue weighted by molar-refractivity contribution is 6.99. The van der Waals surface area contributed by atoms with E-state index >= 15 is 0 Å². The van der Waals surface area contributed by atoms with E-state index in [1.807, 2.05) is 0 Å². The van der Waals surface area contributed by atoms with Gasteiger partial charge in [0, 0.05) is 13.2 Å². The SMILES string of the molecule is CC(C)(C)[Si](C)(C)OCCCCCCCCO[Si](c1ccccc1)(c1ccccc1)C(C)(C)C. The zero-order valence-electron chi connectivity index (χ0n) is 23.2. The Balaban J connectivity index is 1.85. The van der Waals surface area contributed by atoms with E-state index in [0.717, 1.165) is 19.6 Å². The van der Waals surface area contributed by atoms with Crippen molar-refractivity contribution in [2.75, 3.05) is 13.2 Å². The standard InChI is InChI=1S/C30H50O2Si2/c1-29(2,3)33(7,8)31-25-19-11-9-10-12-20-26-32-34(30(4,5)6,27-21-15-13-16-22-27)28-23-17-14-18-24-28/h13-18,21-24H,9-12,19-20,25-26H2,1-8H3. The van der Waals surface area contributed by atoms with Crippen LogP contribution in [0.4, 0.5) is 0 Å². The maximum absolute atomic E-state index is 7.00. The minimum Gasteiger partial charge on any atom is -0.417 e. The lowest BCUT2D eigenvalue weighted by molar-refractivity contribution is 0.274. The molecule has 190 valence electrons. The molecule has 0 saturated heterocycles. The third-order valence-electron chi connectivity index (χ3n) is 7.54. The third-order valence-corrected chi connectivity index (χ3v) is 17.1. The summed E-state index contributed by atoms with van der Waals surface area (Å²) in [5.74, 6) is 0. The van der Waals surface area contributed by atoms with Crippen molar-refractivity contribution in [3.8, 4) is 0 Å². The molecule has 34 heavy (non-hydrogen) atoms. The predicted octanol–water partition coefficient (Wildman–Crippen LogP) is 7.93. The van der Waals surface area contributed by atoms with E-state index in [-0.39, 0.29) is 5.04 Å². The summed E-state index contributed by atoms with van der Waals surface area (Å²) in [4.78, 5) is 0. The molecule has 0 radical (unpaired) electrons. The molecular weight excluding hydrogens is 449 g/mol. The summed E-state index contributed by atoms with van der Waals surface area (Å²) in [5.41, 5.74) is 0. The van der Waals surface area contributed by atoms with Crippen LogP contribution in [0.3, 0.4) is 0 Å². The first-order valence-electron chi connectivity index (χ1n) is 13.3. The molecule has 2 aromatic carbocycles. The molecular formula is C30H50O2Si2. The summed E-state index contributed by atoms with van der Waals surface area (Å²) in [5, 5.41) is 3.10. The van der Waals surface area contributed by atoms with E-state index in [1.165, 1.54) is 42.5 Å². The lowest BCUT2D eigenvalue weighted by Crippen LogP contribution is -2.66. The van der Waals surface area contributed by atoms with Crippen LogP contribution in [0.5, 0.6) is 0 Å². The molecule has 0 heterocycles. The van der Waals surface area contributed by atoms with Crippen LogP contribution in [-0.4, -0.2) is 29.8 Å². The molecule has 0 atom stereocenters. The second-order valence-corrected chi connectivity index (χ2v) is 21.4. The second kappa shape index (κ2) is 12.7. The fourth-order valence-corrected chi connectivity index (χ4v) is 10.1. The molecule has 0 N–H and O–H groups in total. The first-order valence-corrected chi connectivity index (χ1v) is 18.1. The molecule has 2 nitrogen and oxygen atoms in total. The minimum atomic E-state index is -2.38. The van der Waals surface area contributed by atoms with E-state index < -0.39 is 16.6 Å². The number of unbranched alkanes of at least 4 members (excludes halogenated alkanes) is 5. The van der Waals surface area contributed by atoms with Crippen LogP contribution < -0.4 is 10.4 Å². The van der Waals surface area contributed by atoms with Gasteiger partial charge < -0.3 is 8.85 Å². The van der Waals surface area contributed by atoms with Crippen molar-refractivity contribution >= 4 is 27.0 Å². The van der Waals surface area contributed by atoms with Crippen molar-refractivity contribution in [2.45, 2.75) is 103 Å². The Hall–Kier alpha value is -1.21. The number of hydrogen-bond donors (Lipinski definition) is 0. The topological polar surface area (TPSA) is 18.5 Å². The van der Waals surface area contributed by atoms with E-state index in [2.05, 4.69) is 115 Å². The largest absolute Gasteiger partial charge is 0.417 e. The van der Waals surface area contributed by atoms with Crippen molar-refractivity contribution in [2.24, 2.45) is 0 Å². The molecule has 0 aliphatic rings. The van der Waals surface area contributed by atoms with E-state index in [0.29, 0.717) is 5.04 Å². The predicted molar refractivity (Wildman–Crippen MR) is 154 cm³/mol. The molecule has 0 amide bonds. The van der Waals surface area contributed by atoms with Gasteiger partial charge in [-0.15, -0.1) is 0 Å². The van der Waals surface area contributed by atoms with Crippen LogP contribution in [-0.2, 0) is 8.85 Å². The van der Waals surface area contributed by atoms with Crippen LogP contribution >= 0.6 is 0 Å². The van der Waals surface area contributed by atoms with Crippen molar-refractivity contribution in [1.82, 2.24) is 0 Å². The van der Waals surface area contributed by atoms with Crippen molar-refractivity contribution in [1.29, 1.82) is 0 Å². The van der Waals surface area contributed by atoms with Gasteiger partial charge in [-0.05, 0) is 46.4 Å². The zero-order chi connectivity index (χ0) is 25.3. The van der Waals surface area contributed by atoms with E-state index in [4.69, 9.17) is 8.85 Å². The van der Waals surface area contributed by atoms with Gasteiger partial charge in [0.05, 0.1) is 0 Å².